The van der Waals surface area contributed by atoms with Gasteiger partial charge in [0.05, 0.1) is 25.8 Å². The van der Waals surface area contributed by atoms with E-state index in [4.69, 9.17) is 4.74 Å². The summed E-state index contributed by atoms with van der Waals surface area (Å²) in [4.78, 5) is 19.6. The third-order valence-corrected chi connectivity index (χ3v) is 6.52. The zero-order valence-electron chi connectivity index (χ0n) is 18.2. The van der Waals surface area contributed by atoms with E-state index in [1.54, 1.807) is 13.3 Å². The van der Waals surface area contributed by atoms with Gasteiger partial charge in [0.1, 0.15) is 11.6 Å². The Balaban J connectivity index is 1.47. The van der Waals surface area contributed by atoms with E-state index in [2.05, 4.69) is 14.5 Å². The summed E-state index contributed by atoms with van der Waals surface area (Å²) >= 11 is 0. The molecule has 0 bridgehead atoms. The second-order valence-corrected chi connectivity index (χ2v) is 8.43. The molecular formula is C23H30N4O3. The van der Waals surface area contributed by atoms with Crippen LogP contribution >= 0.6 is 0 Å². The van der Waals surface area contributed by atoms with Gasteiger partial charge in [0.2, 0.25) is 0 Å². The van der Waals surface area contributed by atoms with Gasteiger partial charge in [0, 0.05) is 54.7 Å². The van der Waals surface area contributed by atoms with Gasteiger partial charge in [0.25, 0.3) is 0 Å². The number of aryl methyl sites for hydroxylation is 2. The molecule has 1 fully saturated rings. The van der Waals surface area contributed by atoms with Crippen LogP contribution in [0, 0.1) is 13.8 Å². The normalized spacial score (nSPS) is 16.8. The standard InChI is InChI=1S/C23H30N4O3/c1-16-22(19-13-18(30-4)5-6-20(19)25(16)3)21(28)14-26-10-7-23(29,8-11-26)15-27-12-9-24-17(27)2/h5-6,9,12-13,29H,7-8,10-11,14-15H2,1-4H3. The molecule has 1 saturated heterocycles. The second kappa shape index (κ2) is 7.89. The number of benzene rings is 1. The smallest absolute Gasteiger partial charge is 0.179 e. The molecule has 0 aliphatic carbocycles. The van der Waals surface area contributed by atoms with Crippen molar-refractivity contribution in [2.24, 2.45) is 7.05 Å². The van der Waals surface area contributed by atoms with Crippen molar-refractivity contribution in [3.8, 4) is 5.75 Å². The van der Waals surface area contributed by atoms with E-state index in [1.807, 2.05) is 49.9 Å². The number of piperidine rings is 1. The summed E-state index contributed by atoms with van der Waals surface area (Å²) in [5.74, 6) is 1.77. The van der Waals surface area contributed by atoms with Gasteiger partial charge < -0.3 is 19.0 Å². The number of fused-ring (bicyclic) bond motifs is 1. The molecule has 1 aliphatic heterocycles. The summed E-state index contributed by atoms with van der Waals surface area (Å²) in [6, 6.07) is 5.86. The molecule has 0 saturated carbocycles. The van der Waals surface area contributed by atoms with E-state index >= 15 is 0 Å². The second-order valence-electron chi connectivity index (χ2n) is 8.43. The van der Waals surface area contributed by atoms with Gasteiger partial charge in [-0.1, -0.05) is 0 Å². The number of likely N-dealkylation sites (tertiary alicyclic amines) is 1. The largest absolute Gasteiger partial charge is 0.497 e. The van der Waals surface area contributed by atoms with Gasteiger partial charge in [-0.2, -0.15) is 0 Å². The monoisotopic (exact) mass is 410 g/mol. The Labute approximate surface area is 176 Å². The van der Waals surface area contributed by atoms with Crippen molar-refractivity contribution in [3.05, 3.63) is 47.7 Å². The fourth-order valence-corrected chi connectivity index (χ4v) is 4.49. The molecule has 3 heterocycles. The van der Waals surface area contributed by atoms with Crippen molar-refractivity contribution < 1.29 is 14.6 Å². The lowest BCUT2D eigenvalue weighted by Crippen LogP contribution is -2.48. The predicted molar refractivity (Wildman–Crippen MR) is 116 cm³/mol. The van der Waals surface area contributed by atoms with Crippen LogP contribution in [-0.2, 0) is 13.6 Å². The van der Waals surface area contributed by atoms with Gasteiger partial charge in [-0.05, 0) is 44.9 Å². The number of Topliss-reactive ketones (excluding diaryl/α,β-unsaturated/α-hetero) is 1. The lowest BCUT2D eigenvalue weighted by atomic mass is 9.91. The van der Waals surface area contributed by atoms with Crippen LogP contribution in [0.4, 0.5) is 0 Å². The predicted octanol–water partition coefficient (Wildman–Crippen LogP) is 2.71. The van der Waals surface area contributed by atoms with Crippen molar-refractivity contribution in [1.82, 2.24) is 19.0 Å². The summed E-state index contributed by atoms with van der Waals surface area (Å²) in [7, 11) is 3.62. The molecule has 0 amide bonds. The quantitative estimate of drug-likeness (QED) is 0.633. The highest BCUT2D eigenvalue weighted by Crippen LogP contribution is 2.30. The van der Waals surface area contributed by atoms with E-state index in [1.165, 1.54) is 0 Å². The lowest BCUT2D eigenvalue weighted by Gasteiger charge is -2.38. The maximum Gasteiger partial charge on any atom is 0.179 e. The molecule has 3 aromatic rings. The molecule has 4 rings (SSSR count). The van der Waals surface area contributed by atoms with Gasteiger partial charge in [-0.3, -0.25) is 9.69 Å². The number of carbonyl (C=O) groups excluding carboxylic acids is 1. The molecule has 30 heavy (non-hydrogen) atoms. The Kier molecular flexibility index (Phi) is 5.42. The Hall–Kier alpha value is -2.64. The SMILES string of the molecule is COc1ccc2c(c1)c(C(=O)CN1CCC(O)(Cn3ccnc3C)CC1)c(C)n2C. The topological polar surface area (TPSA) is 72.5 Å². The zero-order valence-corrected chi connectivity index (χ0v) is 18.2. The highest BCUT2D eigenvalue weighted by molar-refractivity contribution is 6.10. The van der Waals surface area contributed by atoms with Gasteiger partial charge in [0.15, 0.2) is 5.78 Å². The third kappa shape index (κ3) is 3.75. The average Bonchev–Trinajstić information content (AvgIpc) is 3.23. The number of nitrogens with zero attached hydrogens (tertiary/aromatic N) is 4. The summed E-state index contributed by atoms with van der Waals surface area (Å²) in [5, 5.41) is 11.9. The van der Waals surface area contributed by atoms with E-state index in [0.717, 1.165) is 33.7 Å². The Morgan fingerprint density at radius 1 is 1.27 bits per heavy atom. The number of imidazole rings is 1. The van der Waals surface area contributed by atoms with Crippen molar-refractivity contribution >= 4 is 16.7 Å². The summed E-state index contributed by atoms with van der Waals surface area (Å²) in [6.45, 7) is 6.23. The highest BCUT2D eigenvalue weighted by Gasteiger charge is 2.34. The number of ketones is 1. The van der Waals surface area contributed by atoms with Crippen LogP contribution in [0.1, 0.15) is 34.7 Å². The van der Waals surface area contributed by atoms with Gasteiger partial charge in [-0.25, -0.2) is 4.98 Å². The summed E-state index contributed by atoms with van der Waals surface area (Å²) in [6.07, 6.45) is 4.94. The Bertz CT molecular complexity index is 1070. The van der Waals surface area contributed by atoms with Crippen molar-refractivity contribution in [1.29, 1.82) is 0 Å². The summed E-state index contributed by atoms with van der Waals surface area (Å²) < 4.78 is 9.42. The van der Waals surface area contributed by atoms with Crippen molar-refractivity contribution in [2.45, 2.75) is 38.8 Å². The highest BCUT2D eigenvalue weighted by atomic mass is 16.5. The molecule has 0 spiro atoms. The van der Waals surface area contributed by atoms with Crippen LogP contribution in [0.25, 0.3) is 10.9 Å². The molecule has 1 N–H and O–H groups in total. The molecule has 0 unspecified atom stereocenters. The van der Waals surface area contributed by atoms with Crippen molar-refractivity contribution in [2.75, 3.05) is 26.7 Å². The molecule has 0 radical (unpaired) electrons. The van der Waals surface area contributed by atoms with E-state index in [0.29, 0.717) is 39.0 Å². The number of rotatable bonds is 6. The van der Waals surface area contributed by atoms with E-state index in [-0.39, 0.29) is 5.78 Å². The average molecular weight is 411 g/mol. The maximum atomic E-state index is 13.3. The van der Waals surface area contributed by atoms with Gasteiger partial charge >= 0.3 is 0 Å². The minimum Gasteiger partial charge on any atom is -0.497 e. The Morgan fingerprint density at radius 2 is 2.00 bits per heavy atom. The number of hydrogen-bond donors (Lipinski definition) is 1. The van der Waals surface area contributed by atoms with E-state index in [9.17, 15) is 9.90 Å². The lowest BCUT2D eigenvalue weighted by molar-refractivity contribution is -0.0331. The summed E-state index contributed by atoms with van der Waals surface area (Å²) in [5.41, 5.74) is 2.00. The minimum absolute atomic E-state index is 0.113. The zero-order chi connectivity index (χ0) is 21.5. The minimum atomic E-state index is -0.756. The molecule has 0 atom stereocenters. The number of hydrogen-bond acceptors (Lipinski definition) is 5. The Morgan fingerprint density at radius 3 is 2.63 bits per heavy atom. The molecular weight excluding hydrogens is 380 g/mol. The van der Waals surface area contributed by atoms with E-state index < -0.39 is 5.60 Å². The third-order valence-electron chi connectivity index (χ3n) is 6.52. The van der Waals surface area contributed by atoms with Crippen LogP contribution in [-0.4, -0.2) is 62.3 Å². The number of carbonyl (C=O) groups is 1. The number of methoxy groups -OCH3 is 1. The first-order chi connectivity index (χ1) is 14.3. The first kappa shape index (κ1) is 20.6. The molecule has 7 heteroatoms. The number of aliphatic hydroxyl groups is 1. The number of aromatic nitrogens is 3. The molecule has 1 aliphatic rings. The molecule has 160 valence electrons. The molecule has 1 aromatic carbocycles. The molecule has 2 aromatic heterocycles. The van der Waals surface area contributed by atoms with Crippen LogP contribution < -0.4 is 4.74 Å². The van der Waals surface area contributed by atoms with Crippen LogP contribution in [0.2, 0.25) is 0 Å². The fourth-order valence-electron chi connectivity index (χ4n) is 4.49. The van der Waals surface area contributed by atoms with Crippen LogP contribution in [0.5, 0.6) is 5.75 Å². The maximum absolute atomic E-state index is 13.3. The molecule has 7 nitrogen and oxygen atoms in total. The van der Waals surface area contributed by atoms with Crippen molar-refractivity contribution in [3.63, 3.8) is 0 Å². The van der Waals surface area contributed by atoms with Gasteiger partial charge in [-0.15, -0.1) is 0 Å². The van der Waals surface area contributed by atoms with Crippen LogP contribution in [0.15, 0.2) is 30.6 Å². The van der Waals surface area contributed by atoms with Crippen LogP contribution in [0.3, 0.4) is 0 Å². The first-order valence-electron chi connectivity index (χ1n) is 10.4. The fraction of sp³-hybridized carbons (Fsp3) is 0.478. The first-order valence-corrected chi connectivity index (χ1v) is 10.4. The number of ether oxygens (including phenoxy) is 1.